The van der Waals surface area contributed by atoms with Crippen molar-refractivity contribution in [2.75, 3.05) is 5.73 Å². The molecule has 0 saturated heterocycles. The predicted molar refractivity (Wildman–Crippen MR) is 75.3 cm³/mol. The third kappa shape index (κ3) is 2.37. The Bertz CT molecular complexity index is 548. The zero-order valence-electron chi connectivity index (χ0n) is 9.48. The monoisotopic (exact) mass is 358 g/mol. The molecule has 17 heavy (non-hydrogen) atoms. The van der Waals surface area contributed by atoms with Crippen LogP contribution in [0, 0.1) is 0 Å². The lowest BCUT2D eigenvalue weighted by molar-refractivity contribution is 0.714. The third-order valence-corrected chi connectivity index (χ3v) is 3.58. The lowest BCUT2D eigenvalue weighted by Crippen LogP contribution is -2.06. The fraction of sp³-hybridized carbons (Fsp3) is 0.273. The van der Waals surface area contributed by atoms with Crippen molar-refractivity contribution in [3.05, 3.63) is 32.8 Å². The van der Waals surface area contributed by atoms with E-state index in [-0.39, 0.29) is 5.92 Å². The molecular formula is C11H12Br2N4. The van der Waals surface area contributed by atoms with Gasteiger partial charge >= 0.3 is 0 Å². The number of rotatable bonds is 2. The van der Waals surface area contributed by atoms with E-state index in [0.717, 1.165) is 20.3 Å². The van der Waals surface area contributed by atoms with Crippen molar-refractivity contribution >= 4 is 37.7 Å². The molecule has 6 heteroatoms. The average Bonchev–Trinajstić information content (AvgIpc) is 2.64. The van der Waals surface area contributed by atoms with Crippen LogP contribution in [0.25, 0.3) is 5.69 Å². The molecule has 2 N–H and O–H groups in total. The van der Waals surface area contributed by atoms with Gasteiger partial charge in [0.1, 0.15) is 0 Å². The molecule has 1 aromatic heterocycles. The molecule has 0 unspecified atom stereocenters. The van der Waals surface area contributed by atoms with E-state index >= 15 is 0 Å². The minimum atomic E-state index is 0.260. The van der Waals surface area contributed by atoms with Crippen LogP contribution in [0.4, 0.5) is 5.82 Å². The van der Waals surface area contributed by atoms with E-state index in [1.54, 1.807) is 4.68 Å². The molecule has 1 heterocycles. The second-order valence-electron chi connectivity index (χ2n) is 4.02. The highest BCUT2D eigenvalue weighted by molar-refractivity contribution is 9.11. The first kappa shape index (κ1) is 12.6. The molecule has 0 radical (unpaired) electrons. The summed E-state index contributed by atoms with van der Waals surface area (Å²) < 4.78 is 3.71. The van der Waals surface area contributed by atoms with E-state index in [9.17, 15) is 0 Å². The summed E-state index contributed by atoms with van der Waals surface area (Å²) in [6, 6.07) is 5.90. The topological polar surface area (TPSA) is 56.7 Å². The van der Waals surface area contributed by atoms with Crippen LogP contribution in [0.1, 0.15) is 25.5 Å². The average molecular weight is 360 g/mol. The van der Waals surface area contributed by atoms with Crippen molar-refractivity contribution in [3.63, 3.8) is 0 Å². The highest BCUT2D eigenvalue weighted by Crippen LogP contribution is 2.29. The van der Waals surface area contributed by atoms with E-state index in [1.165, 1.54) is 0 Å². The summed E-state index contributed by atoms with van der Waals surface area (Å²) >= 11 is 6.96. The molecule has 4 nitrogen and oxygen atoms in total. The van der Waals surface area contributed by atoms with Gasteiger partial charge in [0.15, 0.2) is 5.82 Å². The van der Waals surface area contributed by atoms with Crippen molar-refractivity contribution in [2.24, 2.45) is 0 Å². The third-order valence-electron chi connectivity index (χ3n) is 2.42. The molecule has 2 aromatic rings. The van der Waals surface area contributed by atoms with Gasteiger partial charge < -0.3 is 5.73 Å². The molecule has 0 bridgehead atoms. The summed E-state index contributed by atoms with van der Waals surface area (Å²) in [4.78, 5) is 0. The minimum Gasteiger partial charge on any atom is -0.381 e. The zero-order valence-corrected chi connectivity index (χ0v) is 12.7. The van der Waals surface area contributed by atoms with Crippen molar-refractivity contribution in [1.82, 2.24) is 15.0 Å². The molecular weight excluding hydrogens is 348 g/mol. The highest BCUT2D eigenvalue weighted by atomic mass is 79.9. The van der Waals surface area contributed by atoms with Gasteiger partial charge in [-0.15, -0.1) is 5.10 Å². The van der Waals surface area contributed by atoms with Crippen molar-refractivity contribution in [2.45, 2.75) is 19.8 Å². The first-order valence-electron chi connectivity index (χ1n) is 5.17. The van der Waals surface area contributed by atoms with Gasteiger partial charge in [-0.05, 0) is 40.0 Å². The Kier molecular flexibility index (Phi) is 3.53. The van der Waals surface area contributed by atoms with E-state index in [2.05, 4.69) is 56.0 Å². The Morgan fingerprint density at radius 3 is 2.65 bits per heavy atom. The highest BCUT2D eigenvalue weighted by Gasteiger charge is 2.16. The second-order valence-corrected chi connectivity index (χ2v) is 5.79. The standard InChI is InChI=1S/C11H12Br2N4/c1-6(2)10-11(14)15-16-17(10)9-5-7(12)3-4-8(9)13/h3-6H,14H2,1-2H3. The molecule has 0 aliphatic carbocycles. The van der Waals surface area contributed by atoms with Crippen LogP contribution in [0.15, 0.2) is 27.1 Å². The first-order valence-corrected chi connectivity index (χ1v) is 6.75. The smallest absolute Gasteiger partial charge is 0.169 e. The normalized spacial score (nSPS) is 11.1. The quantitative estimate of drug-likeness (QED) is 0.892. The van der Waals surface area contributed by atoms with Gasteiger partial charge in [-0.25, -0.2) is 4.68 Å². The number of anilines is 1. The van der Waals surface area contributed by atoms with Gasteiger partial charge in [-0.1, -0.05) is 35.0 Å². The summed E-state index contributed by atoms with van der Waals surface area (Å²) in [6.07, 6.45) is 0. The molecule has 0 atom stereocenters. The zero-order chi connectivity index (χ0) is 12.6. The molecule has 0 fully saturated rings. The lowest BCUT2D eigenvalue weighted by atomic mass is 10.1. The van der Waals surface area contributed by atoms with Gasteiger partial charge in [0.05, 0.1) is 11.4 Å². The number of nitrogen functional groups attached to an aromatic ring is 1. The fourth-order valence-electron chi connectivity index (χ4n) is 1.67. The van der Waals surface area contributed by atoms with Crippen molar-refractivity contribution < 1.29 is 0 Å². The predicted octanol–water partition coefficient (Wildman–Crippen LogP) is 3.50. The van der Waals surface area contributed by atoms with Crippen LogP contribution in [0.2, 0.25) is 0 Å². The maximum atomic E-state index is 5.85. The Morgan fingerprint density at radius 1 is 1.29 bits per heavy atom. The maximum Gasteiger partial charge on any atom is 0.169 e. The second kappa shape index (κ2) is 4.78. The van der Waals surface area contributed by atoms with Crippen LogP contribution in [0.3, 0.4) is 0 Å². The van der Waals surface area contributed by atoms with Crippen LogP contribution in [-0.2, 0) is 0 Å². The van der Waals surface area contributed by atoms with Crippen LogP contribution in [-0.4, -0.2) is 15.0 Å². The molecule has 0 aliphatic rings. The number of nitrogens with two attached hydrogens (primary N) is 1. The summed E-state index contributed by atoms with van der Waals surface area (Å²) in [6.45, 7) is 4.13. The fourth-order valence-corrected chi connectivity index (χ4v) is 2.43. The van der Waals surface area contributed by atoms with Crippen molar-refractivity contribution in [3.8, 4) is 5.69 Å². The molecule has 0 saturated carbocycles. The Labute approximate surface area is 116 Å². The van der Waals surface area contributed by atoms with Gasteiger partial charge in [0.2, 0.25) is 0 Å². The van der Waals surface area contributed by atoms with Gasteiger partial charge in [0.25, 0.3) is 0 Å². The summed E-state index contributed by atoms with van der Waals surface area (Å²) in [5, 5.41) is 8.04. The summed E-state index contributed by atoms with van der Waals surface area (Å²) in [5.41, 5.74) is 7.69. The maximum absolute atomic E-state index is 5.85. The number of benzene rings is 1. The van der Waals surface area contributed by atoms with Gasteiger partial charge in [0, 0.05) is 8.95 Å². The van der Waals surface area contributed by atoms with E-state index < -0.39 is 0 Å². The largest absolute Gasteiger partial charge is 0.381 e. The molecule has 90 valence electrons. The van der Waals surface area contributed by atoms with E-state index in [1.807, 2.05) is 18.2 Å². The molecule has 0 amide bonds. The number of hydrogen-bond donors (Lipinski definition) is 1. The van der Waals surface area contributed by atoms with Gasteiger partial charge in [-0.2, -0.15) is 0 Å². The van der Waals surface area contributed by atoms with Crippen LogP contribution >= 0.6 is 31.9 Å². The van der Waals surface area contributed by atoms with E-state index in [4.69, 9.17) is 5.73 Å². The van der Waals surface area contributed by atoms with E-state index in [0.29, 0.717) is 5.82 Å². The Hall–Kier alpha value is -0.880. The Balaban J connectivity index is 2.64. The number of nitrogens with zero attached hydrogens (tertiary/aromatic N) is 3. The van der Waals surface area contributed by atoms with Crippen molar-refractivity contribution in [1.29, 1.82) is 0 Å². The summed E-state index contributed by atoms with van der Waals surface area (Å²) in [7, 11) is 0. The first-order chi connectivity index (χ1) is 8.00. The minimum absolute atomic E-state index is 0.260. The van der Waals surface area contributed by atoms with Gasteiger partial charge in [-0.3, -0.25) is 0 Å². The molecule has 2 rings (SSSR count). The Morgan fingerprint density at radius 2 is 2.00 bits per heavy atom. The summed E-state index contributed by atoms with van der Waals surface area (Å²) in [5.74, 6) is 0.739. The number of aromatic nitrogens is 3. The molecule has 1 aromatic carbocycles. The molecule has 0 aliphatic heterocycles. The number of halogens is 2. The SMILES string of the molecule is CC(C)c1c(N)nnn1-c1cc(Br)ccc1Br. The molecule has 0 spiro atoms. The lowest BCUT2D eigenvalue weighted by Gasteiger charge is -2.11. The van der Waals surface area contributed by atoms with Crippen LogP contribution < -0.4 is 5.73 Å². The van der Waals surface area contributed by atoms with Crippen LogP contribution in [0.5, 0.6) is 0 Å². The number of hydrogen-bond acceptors (Lipinski definition) is 3.